The van der Waals surface area contributed by atoms with Crippen LogP contribution < -0.4 is 15.5 Å². The summed E-state index contributed by atoms with van der Waals surface area (Å²) in [5.74, 6) is -0.139. The van der Waals surface area contributed by atoms with Gasteiger partial charge in [0.25, 0.3) is 5.91 Å². The summed E-state index contributed by atoms with van der Waals surface area (Å²) in [7, 11) is 0. The van der Waals surface area contributed by atoms with Gasteiger partial charge < -0.3 is 20.3 Å². The van der Waals surface area contributed by atoms with E-state index in [0.717, 1.165) is 64.5 Å². The zero-order chi connectivity index (χ0) is 19.1. The first-order valence-electron chi connectivity index (χ1n) is 9.94. The second-order valence-corrected chi connectivity index (χ2v) is 7.04. The number of nitrogens with zero attached hydrogens (tertiary/aromatic N) is 2. The molecule has 148 valence electrons. The first-order valence-corrected chi connectivity index (χ1v) is 9.94. The number of amides is 2. The minimum absolute atomic E-state index is 0.0531. The molecule has 7 heteroatoms. The van der Waals surface area contributed by atoms with Gasteiger partial charge in [-0.2, -0.15) is 0 Å². The molecule has 2 heterocycles. The van der Waals surface area contributed by atoms with Gasteiger partial charge in [-0.15, -0.1) is 0 Å². The number of benzene rings is 1. The first kappa shape index (κ1) is 19.6. The Labute approximate surface area is 161 Å². The molecule has 0 spiro atoms. The lowest BCUT2D eigenvalue weighted by molar-refractivity contribution is -0.115. The van der Waals surface area contributed by atoms with Crippen molar-refractivity contribution in [2.45, 2.75) is 26.2 Å². The molecule has 2 saturated heterocycles. The van der Waals surface area contributed by atoms with Crippen LogP contribution in [-0.4, -0.2) is 69.2 Å². The van der Waals surface area contributed by atoms with E-state index in [2.05, 4.69) is 20.4 Å². The van der Waals surface area contributed by atoms with Gasteiger partial charge in [0.1, 0.15) is 0 Å². The highest BCUT2D eigenvalue weighted by molar-refractivity contribution is 6.02. The van der Waals surface area contributed by atoms with Gasteiger partial charge in [-0.05, 0) is 31.0 Å². The molecule has 0 aliphatic carbocycles. The monoisotopic (exact) mass is 374 g/mol. The topological polar surface area (TPSA) is 73.9 Å². The maximum atomic E-state index is 12.9. The minimum atomic E-state index is -0.0854. The largest absolute Gasteiger partial charge is 0.379 e. The van der Waals surface area contributed by atoms with Crippen molar-refractivity contribution in [1.82, 2.24) is 10.2 Å². The average Bonchev–Trinajstić information content (AvgIpc) is 3.23. The van der Waals surface area contributed by atoms with Gasteiger partial charge in [0.15, 0.2) is 0 Å². The minimum Gasteiger partial charge on any atom is -0.379 e. The van der Waals surface area contributed by atoms with Crippen LogP contribution >= 0.6 is 0 Å². The average molecular weight is 374 g/mol. The van der Waals surface area contributed by atoms with Gasteiger partial charge in [0.05, 0.1) is 18.8 Å². The molecule has 1 aromatic carbocycles. The molecule has 2 N–H and O–H groups in total. The number of hydrogen-bond acceptors (Lipinski definition) is 5. The molecule has 3 rings (SSSR count). The Morgan fingerprint density at radius 2 is 1.85 bits per heavy atom. The van der Waals surface area contributed by atoms with Crippen LogP contribution in [-0.2, 0) is 9.53 Å². The molecule has 1 aromatic rings. The number of hydrogen-bond donors (Lipinski definition) is 2. The highest BCUT2D eigenvalue weighted by atomic mass is 16.5. The summed E-state index contributed by atoms with van der Waals surface area (Å²) in [6.45, 7) is 8.50. The van der Waals surface area contributed by atoms with E-state index in [-0.39, 0.29) is 11.8 Å². The van der Waals surface area contributed by atoms with E-state index in [9.17, 15) is 9.59 Å². The van der Waals surface area contributed by atoms with E-state index < -0.39 is 0 Å². The molecular weight excluding hydrogens is 344 g/mol. The van der Waals surface area contributed by atoms with Crippen LogP contribution in [0.5, 0.6) is 0 Å². The van der Waals surface area contributed by atoms with E-state index >= 15 is 0 Å². The number of anilines is 2. The zero-order valence-corrected chi connectivity index (χ0v) is 16.1. The van der Waals surface area contributed by atoms with Crippen LogP contribution in [0.25, 0.3) is 0 Å². The van der Waals surface area contributed by atoms with Crippen molar-refractivity contribution in [3.63, 3.8) is 0 Å². The number of nitrogens with one attached hydrogen (secondary N) is 2. The van der Waals surface area contributed by atoms with Gasteiger partial charge >= 0.3 is 0 Å². The number of carbonyl (C=O) groups excluding carboxylic acids is 2. The van der Waals surface area contributed by atoms with Crippen molar-refractivity contribution < 1.29 is 14.3 Å². The lowest BCUT2D eigenvalue weighted by Crippen LogP contribution is -2.41. The van der Waals surface area contributed by atoms with E-state index in [4.69, 9.17) is 4.74 Å². The quantitative estimate of drug-likeness (QED) is 0.760. The Kier molecular flexibility index (Phi) is 7.06. The summed E-state index contributed by atoms with van der Waals surface area (Å²) in [5.41, 5.74) is 2.25. The Hall–Kier alpha value is -2.12. The van der Waals surface area contributed by atoms with Crippen molar-refractivity contribution in [2.75, 3.05) is 62.7 Å². The third-order valence-electron chi connectivity index (χ3n) is 5.11. The van der Waals surface area contributed by atoms with E-state index in [1.165, 1.54) is 0 Å². The standard InChI is InChI=1S/C20H30N4O3/c1-2-19(25)22-16-5-6-18(24-8-3-4-9-24)17(15-16)20(26)21-7-10-23-11-13-27-14-12-23/h5-6,15H,2-4,7-14H2,1H3,(H,21,26)(H,22,25). The predicted molar refractivity (Wildman–Crippen MR) is 106 cm³/mol. The molecule has 2 fully saturated rings. The number of morpholine rings is 1. The normalized spacial score (nSPS) is 17.7. The van der Waals surface area contributed by atoms with Gasteiger partial charge in [-0.1, -0.05) is 6.92 Å². The van der Waals surface area contributed by atoms with Crippen LogP contribution in [0.4, 0.5) is 11.4 Å². The van der Waals surface area contributed by atoms with Crippen LogP contribution in [0.2, 0.25) is 0 Å². The molecule has 0 unspecified atom stereocenters. The van der Waals surface area contributed by atoms with E-state index in [1.807, 2.05) is 19.1 Å². The van der Waals surface area contributed by atoms with Crippen LogP contribution in [0.15, 0.2) is 18.2 Å². The second kappa shape index (κ2) is 9.71. The van der Waals surface area contributed by atoms with Crippen molar-refractivity contribution in [3.8, 4) is 0 Å². The molecule has 0 radical (unpaired) electrons. The van der Waals surface area contributed by atoms with Crippen molar-refractivity contribution in [2.24, 2.45) is 0 Å². The number of carbonyl (C=O) groups is 2. The van der Waals surface area contributed by atoms with Crippen molar-refractivity contribution in [3.05, 3.63) is 23.8 Å². The molecule has 0 atom stereocenters. The number of ether oxygens (including phenoxy) is 1. The fraction of sp³-hybridized carbons (Fsp3) is 0.600. The SMILES string of the molecule is CCC(=O)Nc1ccc(N2CCCC2)c(C(=O)NCCN2CCOCC2)c1. The fourth-order valence-electron chi connectivity index (χ4n) is 3.53. The highest BCUT2D eigenvalue weighted by Gasteiger charge is 2.20. The van der Waals surface area contributed by atoms with E-state index in [1.54, 1.807) is 6.07 Å². The van der Waals surface area contributed by atoms with Crippen molar-refractivity contribution in [1.29, 1.82) is 0 Å². The molecule has 2 aliphatic rings. The highest BCUT2D eigenvalue weighted by Crippen LogP contribution is 2.27. The lowest BCUT2D eigenvalue weighted by Gasteiger charge is -2.26. The molecular formula is C20H30N4O3. The Morgan fingerprint density at radius 3 is 2.56 bits per heavy atom. The second-order valence-electron chi connectivity index (χ2n) is 7.04. The summed E-state index contributed by atoms with van der Waals surface area (Å²) in [6.07, 6.45) is 2.70. The summed E-state index contributed by atoms with van der Waals surface area (Å²) in [4.78, 5) is 29.1. The maximum Gasteiger partial charge on any atom is 0.253 e. The molecule has 0 saturated carbocycles. The van der Waals surface area contributed by atoms with Crippen LogP contribution in [0.3, 0.4) is 0 Å². The summed E-state index contributed by atoms with van der Waals surface area (Å²) in [5, 5.41) is 5.90. The number of rotatable bonds is 7. The molecule has 0 aromatic heterocycles. The predicted octanol–water partition coefficient (Wildman–Crippen LogP) is 1.70. The van der Waals surface area contributed by atoms with Gasteiger partial charge in [-0.25, -0.2) is 0 Å². The van der Waals surface area contributed by atoms with Gasteiger partial charge in [-0.3, -0.25) is 14.5 Å². The van der Waals surface area contributed by atoms with Crippen LogP contribution in [0, 0.1) is 0 Å². The molecule has 2 aliphatic heterocycles. The smallest absolute Gasteiger partial charge is 0.253 e. The molecule has 0 bridgehead atoms. The van der Waals surface area contributed by atoms with Crippen molar-refractivity contribution >= 4 is 23.2 Å². The van der Waals surface area contributed by atoms with E-state index in [0.29, 0.717) is 24.2 Å². The van der Waals surface area contributed by atoms with Gasteiger partial charge in [0, 0.05) is 57.1 Å². The Balaban J connectivity index is 1.67. The molecule has 2 amide bonds. The van der Waals surface area contributed by atoms with Crippen LogP contribution in [0.1, 0.15) is 36.5 Å². The Morgan fingerprint density at radius 1 is 1.11 bits per heavy atom. The first-order chi connectivity index (χ1) is 13.2. The lowest BCUT2D eigenvalue weighted by atomic mass is 10.1. The maximum absolute atomic E-state index is 12.9. The third-order valence-corrected chi connectivity index (χ3v) is 5.11. The Bertz CT molecular complexity index is 653. The molecule has 7 nitrogen and oxygen atoms in total. The summed E-state index contributed by atoms with van der Waals surface area (Å²) < 4.78 is 5.35. The summed E-state index contributed by atoms with van der Waals surface area (Å²) in [6, 6.07) is 5.63. The fourth-order valence-corrected chi connectivity index (χ4v) is 3.53. The zero-order valence-electron chi connectivity index (χ0n) is 16.1. The molecule has 27 heavy (non-hydrogen) atoms. The third kappa shape index (κ3) is 5.43. The summed E-state index contributed by atoms with van der Waals surface area (Å²) >= 11 is 0. The van der Waals surface area contributed by atoms with Gasteiger partial charge in [0.2, 0.25) is 5.91 Å².